The molecule has 0 atom stereocenters. The van der Waals surface area contributed by atoms with E-state index < -0.39 is 5.91 Å². The molecule has 12 heteroatoms. The lowest BCUT2D eigenvalue weighted by molar-refractivity contribution is 0.0949. The molecule has 2 aromatic heterocycles. The van der Waals surface area contributed by atoms with Crippen molar-refractivity contribution in [3.05, 3.63) is 76.0 Å². The van der Waals surface area contributed by atoms with Gasteiger partial charge in [0.2, 0.25) is 11.6 Å². The van der Waals surface area contributed by atoms with Crippen LogP contribution in [0.2, 0.25) is 0 Å². The zero-order valence-corrected chi connectivity index (χ0v) is 17.5. The Hall–Kier alpha value is -4.06. The molecule has 0 aliphatic rings. The predicted molar refractivity (Wildman–Crippen MR) is 117 cm³/mol. The van der Waals surface area contributed by atoms with E-state index in [0.29, 0.717) is 5.69 Å². The molecule has 4 aromatic rings. The number of carbonyl (C=O) groups is 1. The average molecular weight is 482 g/mol. The number of para-hydroxylation sites is 1. The van der Waals surface area contributed by atoms with Gasteiger partial charge in [-0.25, -0.2) is 10.1 Å². The zero-order chi connectivity index (χ0) is 21.6. The summed E-state index contributed by atoms with van der Waals surface area (Å²) in [6.45, 7) is 0.211. The number of benzene rings is 2. The lowest BCUT2D eigenvalue weighted by atomic mass is 10.2. The molecule has 1 amide bonds. The highest BCUT2D eigenvalue weighted by Gasteiger charge is 2.23. The molecule has 156 valence electrons. The van der Waals surface area contributed by atoms with E-state index in [0.717, 1.165) is 15.7 Å². The standard InChI is InChI=1S/C19H16BrN9O2/c20-13-8-6-12(7-9-13)10-23-25-19(30)16-15(11-22-14-4-2-1-3-5-14)29(28-24-16)18-17(21)26-31-27-18/h1-10,22H,11H2,(H2,21,26)(H,25,30)/b23-10-. The molecule has 0 fully saturated rings. The summed E-state index contributed by atoms with van der Waals surface area (Å²) in [7, 11) is 0. The van der Waals surface area contributed by atoms with E-state index >= 15 is 0 Å². The number of nitrogens with one attached hydrogen (secondary N) is 2. The average Bonchev–Trinajstić information content (AvgIpc) is 3.40. The molecule has 0 bridgehead atoms. The number of nitrogen functional groups attached to an aromatic ring is 1. The third-order valence-electron chi connectivity index (χ3n) is 4.16. The van der Waals surface area contributed by atoms with Crippen LogP contribution in [0.1, 0.15) is 21.7 Å². The molecule has 0 aliphatic carbocycles. The van der Waals surface area contributed by atoms with Gasteiger partial charge in [0, 0.05) is 10.2 Å². The maximum absolute atomic E-state index is 12.7. The minimum absolute atomic E-state index is 0.0195. The molecule has 0 aliphatic heterocycles. The number of hydrogen-bond donors (Lipinski definition) is 3. The van der Waals surface area contributed by atoms with E-state index in [-0.39, 0.29) is 23.9 Å². The summed E-state index contributed by atoms with van der Waals surface area (Å²) in [4.78, 5) is 12.7. The first kappa shape index (κ1) is 20.2. The van der Waals surface area contributed by atoms with Crippen molar-refractivity contribution in [3.63, 3.8) is 0 Å². The van der Waals surface area contributed by atoms with Gasteiger partial charge in [-0.1, -0.05) is 51.5 Å². The SMILES string of the molecule is Nc1nonc1-n1nnc(C(=O)N/N=C\c2ccc(Br)cc2)c1CNc1ccccc1. The van der Waals surface area contributed by atoms with Crippen LogP contribution in [0.15, 0.2) is 68.8 Å². The molecule has 0 spiro atoms. The maximum atomic E-state index is 12.7. The molecule has 11 nitrogen and oxygen atoms in total. The van der Waals surface area contributed by atoms with Crippen LogP contribution < -0.4 is 16.5 Å². The highest BCUT2D eigenvalue weighted by Crippen LogP contribution is 2.17. The van der Waals surface area contributed by atoms with E-state index in [4.69, 9.17) is 5.73 Å². The van der Waals surface area contributed by atoms with Gasteiger partial charge in [0.1, 0.15) is 0 Å². The van der Waals surface area contributed by atoms with Gasteiger partial charge in [0.25, 0.3) is 5.91 Å². The maximum Gasteiger partial charge on any atom is 0.293 e. The second-order valence-corrected chi connectivity index (χ2v) is 7.16. The van der Waals surface area contributed by atoms with Crippen molar-refractivity contribution in [1.29, 1.82) is 0 Å². The number of rotatable bonds is 7. The topological polar surface area (TPSA) is 149 Å². The first-order chi connectivity index (χ1) is 15.1. The fourth-order valence-corrected chi connectivity index (χ4v) is 2.92. The normalized spacial score (nSPS) is 11.0. The van der Waals surface area contributed by atoms with Crippen molar-refractivity contribution in [2.75, 3.05) is 11.1 Å². The van der Waals surface area contributed by atoms with Crippen LogP contribution in [0.3, 0.4) is 0 Å². The quantitative estimate of drug-likeness (QED) is 0.269. The van der Waals surface area contributed by atoms with Gasteiger partial charge >= 0.3 is 0 Å². The van der Waals surface area contributed by atoms with Gasteiger partial charge in [-0.2, -0.15) is 9.78 Å². The molecular weight excluding hydrogens is 466 g/mol. The Bertz CT molecular complexity index is 1200. The zero-order valence-electron chi connectivity index (χ0n) is 15.9. The van der Waals surface area contributed by atoms with Gasteiger partial charge in [0.15, 0.2) is 5.69 Å². The van der Waals surface area contributed by atoms with Crippen LogP contribution in [0.4, 0.5) is 11.5 Å². The van der Waals surface area contributed by atoms with E-state index in [2.05, 4.69) is 57.0 Å². The Kier molecular flexibility index (Phi) is 5.98. The van der Waals surface area contributed by atoms with Gasteiger partial charge in [-0.3, -0.25) is 4.79 Å². The van der Waals surface area contributed by atoms with E-state index in [1.807, 2.05) is 54.6 Å². The molecule has 2 heterocycles. The summed E-state index contributed by atoms with van der Waals surface area (Å²) in [6, 6.07) is 16.9. The largest absolute Gasteiger partial charge is 0.379 e. The Balaban J connectivity index is 1.57. The fourth-order valence-electron chi connectivity index (χ4n) is 2.65. The highest BCUT2D eigenvalue weighted by atomic mass is 79.9. The molecular formula is C19H16BrN9O2. The molecule has 31 heavy (non-hydrogen) atoms. The lowest BCUT2D eigenvalue weighted by Crippen LogP contribution is -2.21. The Morgan fingerprint density at radius 2 is 1.94 bits per heavy atom. The third-order valence-corrected chi connectivity index (χ3v) is 4.69. The van der Waals surface area contributed by atoms with Crippen molar-refractivity contribution in [1.82, 2.24) is 30.7 Å². The molecule has 4 N–H and O–H groups in total. The van der Waals surface area contributed by atoms with Crippen molar-refractivity contribution in [2.45, 2.75) is 6.54 Å². The summed E-state index contributed by atoms with van der Waals surface area (Å²) in [5.41, 5.74) is 10.4. The smallest absolute Gasteiger partial charge is 0.293 e. The minimum Gasteiger partial charge on any atom is -0.379 e. The van der Waals surface area contributed by atoms with Crippen LogP contribution >= 0.6 is 15.9 Å². The number of anilines is 2. The summed E-state index contributed by atoms with van der Waals surface area (Å²) in [5, 5.41) is 22.5. The van der Waals surface area contributed by atoms with Crippen LogP contribution in [0, 0.1) is 0 Å². The number of amides is 1. The number of hydrazone groups is 1. The Labute approximate surface area is 184 Å². The summed E-state index contributed by atoms with van der Waals surface area (Å²) >= 11 is 3.37. The van der Waals surface area contributed by atoms with Gasteiger partial charge in [-0.15, -0.1) is 5.10 Å². The first-order valence-corrected chi connectivity index (χ1v) is 9.82. The van der Waals surface area contributed by atoms with E-state index in [9.17, 15) is 4.79 Å². The number of halogens is 1. The molecule has 0 unspecified atom stereocenters. The van der Waals surface area contributed by atoms with Crippen molar-refractivity contribution >= 4 is 39.6 Å². The number of carbonyl (C=O) groups excluding carboxylic acids is 1. The first-order valence-electron chi connectivity index (χ1n) is 9.02. The molecule has 2 aromatic carbocycles. The lowest BCUT2D eigenvalue weighted by Gasteiger charge is -2.08. The molecule has 4 rings (SSSR count). The van der Waals surface area contributed by atoms with E-state index in [1.165, 1.54) is 10.9 Å². The summed E-state index contributed by atoms with van der Waals surface area (Å²) < 4.78 is 6.90. The third kappa shape index (κ3) is 4.75. The number of nitrogens with zero attached hydrogens (tertiary/aromatic N) is 6. The second kappa shape index (κ2) is 9.17. The number of nitrogens with two attached hydrogens (primary N) is 1. The minimum atomic E-state index is -0.542. The number of hydrogen-bond acceptors (Lipinski definition) is 9. The number of aromatic nitrogens is 5. The van der Waals surface area contributed by atoms with Crippen LogP contribution in [-0.2, 0) is 6.54 Å². The summed E-state index contributed by atoms with van der Waals surface area (Å²) in [6.07, 6.45) is 1.52. The van der Waals surface area contributed by atoms with Crippen molar-refractivity contribution in [3.8, 4) is 5.82 Å². The fraction of sp³-hybridized carbons (Fsp3) is 0.0526. The van der Waals surface area contributed by atoms with Crippen LogP contribution in [0.5, 0.6) is 0 Å². The summed E-state index contributed by atoms with van der Waals surface area (Å²) in [5.74, 6) is -0.389. The highest BCUT2D eigenvalue weighted by molar-refractivity contribution is 9.10. The monoisotopic (exact) mass is 481 g/mol. The van der Waals surface area contributed by atoms with Crippen LogP contribution in [-0.4, -0.2) is 37.4 Å². The van der Waals surface area contributed by atoms with Crippen molar-refractivity contribution in [2.24, 2.45) is 5.10 Å². The van der Waals surface area contributed by atoms with Crippen molar-refractivity contribution < 1.29 is 9.42 Å². The van der Waals surface area contributed by atoms with Gasteiger partial charge in [-0.05, 0) is 40.1 Å². The van der Waals surface area contributed by atoms with Gasteiger partial charge in [0.05, 0.1) is 18.5 Å². The van der Waals surface area contributed by atoms with Crippen LogP contribution in [0.25, 0.3) is 5.82 Å². The second-order valence-electron chi connectivity index (χ2n) is 6.24. The molecule has 0 saturated heterocycles. The Morgan fingerprint density at radius 3 is 2.65 bits per heavy atom. The molecule has 0 saturated carbocycles. The van der Waals surface area contributed by atoms with Gasteiger partial charge < -0.3 is 11.1 Å². The predicted octanol–water partition coefficient (Wildman–Crippen LogP) is 2.37. The van der Waals surface area contributed by atoms with E-state index in [1.54, 1.807) is 0 Å². The Morgan fingerprint density at radius 1 is 1.16 bits per heavy atom. The molecule has 0 radical (unpaired) electrons.